The van der Waals surface area contributed by atoms with E-state index in [-0.39, 0.29) is 13.0 Å². The molecule has 26 heavy (non-hydrogen) atoms. The molecule has 0 spiro atoms. The molecule has 14 heteroatoms. The maximum absolute atomic E-state index is 10.2. The number of nitrogens with zero attached hydrogens (tertiary/aromatic N) is 6. The third-order valence-corrected chi connectivity index (χ3v) is 4.58. The number of azide groups is 2. The second kappa shape index (κ2) is 8.79. The van der Waals surface area contributed by atoms with Gasteiger partial charge in [-0.25, -0.2) is 0 Å². The van der Waals surface area contributed by atoms with Crippen molar-refractivity contribution in [3.8, 4) is 0 Å². The molecule has 2 fully saturated rings. The second-order valence-corrected chi connectivity index (χ2v) is 6.27. The smallest absolute Gasteiger partial charge is 0.176 e. The first-order valence-electron chi connectivity index (χ1n) is 7.91. The minimum Gasteiger partial charge on any atom is -0.389 e. The molecular weight excluding hydrogens is 352 g/mol. The maximum atomic E-state index is 10.2. The monoisotopic (exact) mass is 374 g/mol. The Kier molecular flexibility index (Phi) is 6.97. The van der Waals surface area contributed by atoms with Crippen LogP contribution < -0.4 is 11.5 Å². The molecule has 2 aliphatic rings. The van der Waals surface area contributed by atoms with E-state index in [1.165, 1.54) is 0 Å². The predicted molar refractivity (Wildman–Crippen MR) is 85.1 cm³/mol. The lowest BCUT2D eigenvalue weighted by molar-refractivity contribution is -0.287. The van der Waals surface area contributed by atoms with Crippen LogP contribution in [0.15, 0.2) is 10.2 Å². The van der Waals surface area contributed by atoms with E-state index in [4.69, 9.17) is 32.0 Å². The lowest BCUT2D eigenvalue weighted by Crippen LogP contribution is -2.65. The summed E-state index contributed by atoms with van der Waals surface area (Å²) in [7, 11) is 0. The highest BCUT2D eigenvalue weighted by molar-refractivity contribution is 5.00. The Morgan fingerprint density at radius 1 is 1.04 bits per heavy atom. The zero-order chi connectivity index (χ0) is 19.4. The molecule has 0 aromatic rings. The first kappa shape index (κ1) is 20.6. The van der Waals surface area contributed by atoms with Crippen LogP contribution in [0, 0.1) is 0 Å². The minimum absolute atomic E-state index is 0.0439. The molecule has 0 aromatic carbocycles. The van der Waals surface area contributed by atoms with E-state index in [2.05, 4.69) is 20.1 Å². The first-order chi connectivity index (χ1) is 12.3. The van der Waals surface area contributed by atoms with Crippen molar-refractivity contribution in [3.05, 3.63) is 20.9 Å². The Balaban J connectivity index is 2.19. The van der Waals surface area contributed by atoms with Crippen LogP contribution in [0.3, 0.4) is 0 Å². The highest BCUT2D eigenvalue weighted by atomic mass is 16.7. The van der Waals surface area contributed by atoms with Crippen molar-refractivity contribution in [2.75, 3.05) is 6.54 Å². The first-order valence-corrected chi connectivity index (χ1v) is 7.91. The quantitative estimate of drug-likeness (QED) is 0.171. The lowest BCUT2D eigenvalue weighted by Gasteiger charge is -2.45. The van der Waals surface area contributed by atoms with Gasteiger partial charge in [-0.05, 0) is 17.5 Å². The van der Waals surface area contributed by atoms with Gasteiger partial charge in [0.25, 0.3) is 0 Å². The van der Waals surface area contributed by atoms with Gasteiger partial charge in [0, 0.05) is 15.9 Å². The summed E-state index contributed by atoms with van der Waals surface area (Å²) in [6.45, 7) is -0.290. The summed E-state index contributed by atoms with van der Waals surface area (Å²) in [4.78, 5) is 5.23. The molecule has 0 bridgehead atoms. The molecule has 8 N–H and O–H groups in total. The molecule has 1 heterocycles. The average Bonchev–Trinajstić information content (AvgIpc) is 2.62. The maximum Gasteiger partial charge on any atom is 0.176 e. The van der Waals surface area contributed by atoms with Crippen LogP contribution >= 0.6 is 0 Å². The molecule has 146 valence electrons. The number of aliphatic hydroxyl groups excluding tert-OH is 4. The van der Waals surface area contributed by atoms with Gasteiger partial charge in [0.15, 0.2) is 6.29 Å². The van der Waals surface area contributed by atoms with Gasteiger partial charge in [-0.1, -0.05) is 10.2 Å². The Morgan fingerprint density at radius 2 is 1.73 bits per heavy atom. The second-order valence-electron chi connectivity index (χ2n) is 6.27. The van der Waals surface area contributed by atoms with Crippen LogP contribution in [0.4, 0.5) is 0 Å². The molecular formula is C12H22N8O6. The van der Waals surface area contributed by atoms with Crippen molar-refractivity contribution < 1.29 is 29.9 Å². The summed E-state index contributed by atoms with van der Waals surface area (Å²) in [6, 6.07) is -2.95. The van der Waals surface area contributed by atoms with Crippen LogP contribution in [0.25, 0.3) is 20.9 Å². The molecule has 10 atom stereocenters. The third kappa shape index (κ3) is 4.16. The zero-order valence-corrected chi connectivity index (χ0v) is 13.6. The average molecular weight is 374 g/mol. The van der Waals surface area contributed by atoms with Gasteiger partial charge in [0.2, 0.25) is 0 Å². The topological polar surface area (TPSA) is 249 Å². The summed E-state index contributed by atoms with van der Waals surface area (Å²) in [5.74, 6) is 0. The Labute approximate surface area is 147 Å². The van der Waals surface area contributed by atoms with Gasteiger partial charge in [0.05, 0.1) is 36.9 Å². The predicted octanol–water partition coefficient (Wildman–Crippen LogP) is -2.41. The van der Waals surface area contributed by atoms with Gasteiger partial charge >= 0.3 is 0 Å². The SMILES string of the molecule is [N-]=[N+]=NC[C@H]1OC(O[C@H]2[C@H](O)[C@@H](O)[C@H](N)C[C@@H]2N=[N+]=[N-])[C@H](N)[C@@H](O)[C@@H]1O. The number of aliphatic hydroxyl groups is 4. The summed E-state index contributed by atoms with van der Waals surface area (Å²) in [5.41, 5.74) is 28.6. The van der Waals surface area contributed by atoms with Gasteiger partial charge < -0.3 is 41.4 Å². The highest BCUT2D eigenvalue weighted by Crippen LogP contribution is 2.29. The van der Waals surface area contributed by atoms with Crippen molar-refractivity contribution in [2.45, 2.75) is 67.5 Å². The Bertz CT molecular complexity index is 584. The molecule has 14 nitrogen and oxygen atoms in total. The molecule has 1 saturated heterocycles. The van der Waals surface area contributed by atoms with Crippen LogP contribution in [0.2, 0.25) is 0 Å². The van der Waals surface area contributed by atoms with Gasteiger partial charge in [-0.3, -0.25) is 0 Å². The molecule has 2 rings (SSSR count). The fourth-order valence-electron chi connectivity index (χ4n) is 3.08. The van der Waals surface area contributed by atoms with E-state index in [1.807, 2.05) is 0 Å². The summed E-state index contributed by atoms with van der Waals surface area (Å²) >= 11 is 0. The summed E-state index contributed by atoms with van der Waals surface area (Å²) in [6.07, 6.45) is -9.30. The van der Waals surface area contributed by atoms with Crippen LogP contribution in [-0.2, 0) is 9.47 Å². The van der Waals surface area contributed by atoms with Crippen molar-refractivity contribution in [1.29, 1.82) is 0 Å². The number of nitrogens with two attached hydrogens (primary N) is 2. The summed E-state index contributed by atoms with van der Waals surface area (Å²) in [5, 5.41) is 47.0. The third-order valence-electron chi connectivity index (χ3n) is 4.58. The molecule has 1 aliphatic heterocycles. The molecule has 1 saturated carbocycles. The normalized spacial score (nSPS) is 46.1. The number of hydrogen-bond donors (Lipinski definition) is 6. The van der Waals surface area contributed by atoms with Gasteiger partial charge in [0.1, 0.15) is 18.3 Å². The largest absolute Gasteiger partial charge is 0.389 e. The van der Waals surface area contributed by atoms with E-state index in [0.717, 1.165) is 0 Å². The lowest BCUT2D eigenvalue weighted by atomic mass is 9.84. The van der Waals surface area contributed by atoms with E-state index >= 15 is 0 Å². The molecule has 0 amide bonds. The Morgan fingerprint density at radius 3 is 2.35 bits per heavy atom. The van der Waals surface area contributed by atoms with Crippen LogP contribution in [0.5, 0.6) is 0 Å². The van der Waals surface area contributed by atoms with E-state index in [0.29, 0.717) is 0 Å². The number of hydrogen-bond acceptors (Lipinski definition) is 10. The van der Waals surface area contributed by atoms with Crippen molar-refractivity contribution in [3.63, 3.8) is 0 Å². The molecule has 0 aromatic heterocycles. The number of ether oxygens (including phenoxy) is 2. The van der Waals surface area contributed by atoms with E-state index < -0.39 is 61.0 Å². The minimum atomic E-state index is -1.50. The molecule has 1 aliphatic carbocycles. The Hall–Kier alpha value is -1.70. The van der Waals surface area contributed by atoms with Crippen molar-refractivity contribution >= 4 is 0 Å². The zero-order valence-electron chi connectivity index (χ0n) is 13.6. The van der Waals surface area contributed by atoms with E-state index in [1.54, 1.807) is 0 Å². The fourth-order valence-corrected chi connectivity index (χ4v) is 3.08. The standard InChI is InChI=1S/C12H22N8O6/c13-3-1-4(18-20-16)11(10(24)7(3)21)26-12-6(14)9(23)8(22)5(25-12)2-17-19-15/h3-12,21-24H,1-2,13-14H2/t3-,4+,5-,6-,7+,8-,9-,10-,11-,12?/m1/s1. The highest BCUT2D eigenvalue weighted by Gasteiger charge is 2.48. The fraction of sp³-hybridized carbons (Fsp3) is 1.00. The molecule has 1 unspecified atom stereocenters. The van der Waals surface area contributed by atoms with E-state index in [9.17, 15) is 20.4 Å². The van der Waals surface area contributed by atoms with Crippen LogP contribution in [-0.4, -0.2) is 88.0 Å². The van der Waals surface area contributed by atoms with Crippen LogP contribution in [0.1, 0.15) is 6.42 Å². The van der Waals surface area contributed by atoms with Gasteiger partial charge in [-0.2, -0.15) is 0 Å². The van der Waals surface area contributed by atoms with Crippen molar-refractivity contribution in [2.24, 2.45) is 21.7 Å². The van der Waals surface area contributed by atoms with Crippen molar-refractivity contribution in [1.82, 2.24) is 0 Å². The molecule has 0 radical (unpaired) electrons. The number of rotatable bonds is 5. The summed E-state index contributed by atoms with van der Waals surface area (Å²) < 4.78 is 11.0. The van der Waals surface area contributed by atoms with Gasteiger partial charge in [-0.15, -0.1) is 0 Å².